The standard InChI is InChI=1S/C21H30N4O2/c1-20(2)16-21(10-14-27-20,17-7-5-4-6-8-17)9-11-24-19(26)25(3)15-18-22-12-13-23-18/h4-8,12-13H,9-11,14-16H2,1-3H3,(H,22,23)(H,24,26). The van der Waals surface area contributed by atoms with Gasteiger partial charge in [-0.05, 0) is 38.7 Å². The first-order valence-electron chi connectivity index (χ1n) is 9.57. The van der Waals surface area contributed by atoms with Gasteiger partial charge in [0, 0.05) is 38.0 Å². The zero-order chi connectivity index (χ0) is 19.3. The van der Waals surface area contributed by atoms with Crippen molar-refractivity contribution >= 4 is 6.03 Å². The Balaban J connectivity index is 1.62. The van der Waals surface area contributed by atoms with Crippen molar-refractivity contribution in [1.29, 1.82) is 0 Å². The quantitative estimate of drug-likeness (QED) is 0.818. The average Bonchev–Trinajstić information content (AvgIpc) is 3.14. The lowest BCUT2D eigenvalue weighted by Crippen LogP contribution is -2.46. The van der Waals surface area contributed by atoms with Crippen molar-refractivity contribution in [3.63, 3.8) is 0 Å². The van der Waals surface area contributed by atoms with Gasteiger partial charge in [0.2, 0.25) is 0 Å². The van der Waals surface area contributed by atoms with Crippen LogP contribution < -0.4 is 5.32 Å². The zero-order valence-electron chi connectivity index (χ0n) is 16.5. The predicted molar refractivity (Wildman–Crippen MR) is 105 cm³/mol. The van der Waals surface area contributed by atoms with Crippen molar-refractivity contribution in [2.24, 2.45) is 0 Å². The highest BCUT2D eigenvalue weighted by atomic mass is 16.5. The molecule has 2 heterocycles. The molecule has 0 bridgehead atoms. The van der Waals surface area contributed by atoms with Gasteiger partial charge >= 0.3 is 6.03 Å². The highest BCUT2D eigenvalue weighted by molar-refractivity contribution is 5.73. The Kier molecular flexibility index (Phi) is 5.85. The van der Waals surface area contributed by atoms with Crippen LogP contribution in [0.1, 0.15) is 44.5 Å². The Hall–Kier alpha value is -2.34. The van der Waals surface area contributed by atoms with Crippen LogP contribution in [0.4, 0.5) is 4.79 Å². The molecule has 1 aromatic carbocycles. The number of hydrogen-bond acceptors (Lipinski definition) is 3. The molecule has 2 N–H and O–H groups in total. The van der Waals surface area contributed by atoms with Gasteiger partial charge in [0.1, 0.15) is 5.82 Å². The number of hydrogen-bond donors (Lipinski definition) is 2. The molecule has 0 aliphatic carbocycles. The Bertz CT molecular complexity index is 730. The molecule has 1 aliphatic rings. The largest absolute Gasteiger partial charge is 0.376 e. The van der Waals surface area contributed by atoms with E-state index in [4.69, 9.17) is 4.74 Å². The van der Waals surface area contributed by atoms with Crippen LogP contribution >= 0.6 is 0 Å². The smallest absolute Gasteiger partial charge is 0.317 e. The maximum absolute atomic E-state index is 12.4. The monoisotopic (exact) mass is 370 g/mol. The summed E-state index contributed by atoms with van der Waals surface area (Å²) in [5, 5.41) is 3.07. The van der Waals surface area contributed by atoms with Gasteiger partial charge in [0.15, 0.2) is 0 Å². The molecule has 1 atom stereocenters. The zero-order valence-corrected chi connectivity index (χ0v) is 16.5. The molecule has 6 nitrogen and oxygen atoms in total. The van der Waals surface area contributed by atoms with E-state index in [1.807, 2.05) is 6.07 Å². The second-order valence-corrected chi connectivity index (χ2v) is 8.06. The van der Waals surface area contributed by atoms with Crippen molar-refractivity contribution in [3.05, 3.63) is 54.1 Å². The lowest BCUT2D eigenvalue weighted by Gasteiger charge is -2.45. The van der Waals surface area contributed by atoms with Crippen molar-refractivity contribution in [2.75, 3.05) is 20.2 Å². The van der Waals surface area contributed by atoms with E-state index in [9.17, 15) is 4.79 Å². The van der Waals surface area contributed by atoms with Crippen LogP contribution in [0.2, 0.25) is 0 Å². The molecule has 0 saturated carbocycles. The molecule has 6 heteroatoms. The van der Waals surface area contributed by atoms with Gasteiger partial charge in [-0.15, -0.1) is 0 Å². The van der Waals surface area contributed by atoms with Crippen LogP contribution in [-0.2, 0) is 16.7 Å². The molecule has 1 fully saturated rings. The van der Waals surface area contributed by atoms with Gasteiger partial charge in [-0.25, -0.2) is 9.78 Å². The fourth-order valence-electron chi connectivity index (χ4n) is 4.10. The summed E-state index contributed by atoms with van der Waals surface area (Å²) in [7, 11) is 1.78. The van der Waals surface area contributed by atoms with Crippen LogP contribution in [-0.4, -0.2) is 46.7 Å². The van der Waals surface area contributed by atoms with E-state index in [0.29, 0.717) is 13.1 Å². The summed E-state index contributed by atoms with van der Waals surface area (Å²) >= 11 is 0. The van der Waals surface area contributed by atoms with E-state index in [1.165, 1.54) is 5.56 Å². The minimum atomic E-state index is -0.159. The maximum Gasteiger partial charge on any atom is 0.317 e. The molecule has 2 aromatic rings. The van der Waals surface area contributed by atoms with E-state index < -0.39 is 0 Å². The maximum atomic E-state index is 12.4. The first kappa shape index (κ1) is 19.4. The minimum absolute atomic E-state index is 0.0237. The number of carbonyl (C=O) groups is 1. The number of benzene rings is 1. The van der Waals surface area contributed by atoms with Crippen LogP contribution in [0.25, 0.3) is 0 Å². The molecule has 27 heavy (non-hydrogen) atoms. The van der Waals surface area contributed by atoms with E-state index in [0.717, 1.165) is 31.7 Å². The number of amides is 2. The third-order valence-electron chi connectivity index (χ3n) is 5.39. The molecule has 1 unspecified atom stereocenters. The van der Waals surface area contributed by atoms with Gasteiger partial charge in [-0.1, -0.05) is 30.3 Å². The third-order valence-corrected chi connectivity index (χ3v) is 5.39. The molecule has 0 spiro atoms. The van der Waals surface area contributed by atoms with Gasteiger partial charge in [-0.2, -0.15) is 0 Å². The first-order valence-corrected chi connectivity index (χ1v) is 9.57. The molecular formula is C21H30N4O2. The summed E-state index contributed by atoms with van der Waals surface area (Å²) < 4.78 is 5.96. The van der Waals surface area contributed by atoms with Crippen LogP contribution in [0.5, 0.6) is 0 Å². The van der Waals surface area contributed by atoms with Crippen molar-refractivity contribution in [3.8, 4) is 0 Å². The van der Waals surface area contributed by atoms with E-state index >= 15 is 0 Å². The van der Waals surface area contributed by atoms with Gasteiger partial charge < -0.3 is 19.9 Å². The molecule has 0 radical (unpaired) electrons. The summed E-state index contributed by atoms with van der Waals surface area (Å²) in [4.78, 5) is 21.3. The molecule has 1 saturated heterocycles. The summed E-state index contributed by atoms with van der Waals surface area (Å²) in [6, 6.07) is 10.6. The van der Waals surface area contributed by atoms with Crippen molar-refractivity contribution in [2.45, 2.75) is 50.7 Å². The second-order valence-electron chi connectivity index (χ2n) is 8.06. The highest BCUT2D eigenvalue weighted by Crippen LogP contribution is 2.43. The fraction of sp³-hybridized carbons (Fsp3) is 0.524. The van der Waals surface area contributed by atoms with Gasteiger partial charge in [0.05, 0.1) is 12.1 Å². The Morgan fingerprint density at radius 2 is 2.11 bits per heavy atom. The molecule has 2 amide bonds. The van der Waals surface area contributed by atoms with E-state index in [2.05, 4.69) is 53.4 Å². The Labute approximate surface area is 161 Å². The number of carbonyl (C=O) groups excluding carboxylic acids is 1. The van der Waals surface area contributed by atoms with Crippen molar-refractivity contribution in [1.82, 2.24) is 20.2 Å². The normalized spacial score (nSPS) is 21.6. The summed E-state index contributed by atoms with van der Waals surface area (Å²) in [6.07, 6.45) is 6.26. The van der Waals surface area contributed by atoms with Crippen LogP contribution in [0, 0.1) is 0 Å². The predicted octanol–water partition coefficient (Wildman–Crippen LogP) is 3.47. The lowest BCUT2D eigenvalue weighted by atomic mass is 9.67. The lowest BCUT2D eigenvalue weighted by molar-refractivity contribution is -0.0838. The summed E-state index contributed by atoms with van der Waals surface area (Å²) in [5.74, 6) is 0.777. The molecule has 146 valence electrons. The number of nitrogens with one attached hydrogen (secondary N) is 2. The molecule has 1 aliphatic heterocycles. The number of rotatable bonds is 6. The van der Waals surface area contributed by atoms with Gasteiger partial charge in [0.25, 0.3) is 0 Å². The Morgan fingerprint density at radius 3 is 2.78 bits per heavy atom. The summed E-state index contributed by atoms with van der Waals surface area (Å²) in [6.45, 7) is 6.14. The highest BCUT2D eigenvalue weighted by Gasteiger charge is 2.41. The second kappa shape index (κ2) is 8.13. The van der Waals surface area contributed by atoms with E-state index in [1.54, 1.807) is 24.3 Å². The number of imidazole rings is 1. The minimum Gasteiger partial charge on any atom is -0.376 e. The topological polar surface area (TPSA) is 70.2 Å². The number of H-pyrrole nitrogens is 1. The average molecular weight is 370 g/mol. The number of aromatic nitrogens is 2. The molecule has 1 aromatic heterocycles. The van der Waals surface area contributed by atoms with E-state index in [-0.39, 0.29) is 17.0 Å². The number of ether oxygens (including phenoxy) is 1. The summed E-state index contributed by atoms with van der Waals surface area (Å²) in [5.41, 5.74) is 1.20. The van der Waals surface area contributed by atoms with Crippen LogP contribution in [0.3, 0.4) is 0 Å². The third kappa shape index (κ3) is 4.89. The number of urea groups is 1. The number of nitrogens with zero attached hydrogens (tertiary/aromatic N) is 2. The Morgan fingerprint density at radius 1 is 1.33 bits per heavy atom. The van der Waals surface area contributed by atoms with Crippen molar-refractivity contribution < 1.29 is 9.53 Å². The van der Waals surface area contributed by atoms with Gasteiger partial charge in [-0.3, -0.25) is 0 Å². The SMILES string of the molecule is CN(Cc1ncc[nH]1)C(=O)NCCC1(c2ccccc2)CCOC(C)(C)C1. The first-order chi connectivity index (χ1) is 12.9. The molecule has 3 rings (SSSR count). The molecular weight excluding hydrogens is 340 g/mol. The fourth-order valence-corrected chi connectivity index (χ4v) is 4.10. The van der Waals surface area contributed by atoms with Crippen LogP contribution in [0.15, 0.2) is 42.7 Å². The number of aromatic amines is 1.